The Hall–Kier alpha value is -0.720. The van der Waals surface area contributed by atoms with E-state index < -0.39 is 0 Å². The van der Waals surface area contributed by atoms with Gasteiger partial charge in [-0.05, 0) is 30.7 Å². The molecule has 0 amide bonds. The molecule has 0 saturated heterocycles. The number of nitrogen functional groups attached to an aromatic ring is 1. The summed E-state index contributed by atoms with van der Waals surface area (Å²) in [5, 5.41) is 0.625. The van der Waals surface area contributed by atoms with Crippen molar-refractivity contribution < 1.29 is 4.74 Å². The van der Waals surface area contributed by atoms with Crippen molar-refractivity contribution in [1.82, 2.24) is 4.98 Å². The minimum absolute atomic E-state index is 0.625. The predicted octanol–water partition coefficient (Wildman–Crippen LogP) is 4.10. The van der Waals surface area contributed by atoms with Crippen molar-refractivity contribution >= 4 is 44.2 Å². The predicted molar refractivity (Wildman–Crippen MR) is 81.5 cm³/mol. The van der Waals surface area contributed by atoms with Gasteiger partial charge in [-0.25, -0.2) is 4.98 Å². The number of hydrogen-bond acceptors (Lipinski definition) is 5. The number of aromatic nitrogens is 1. The van der Waals surface area contributed by atoms with Gasteiger partial charge in [0.05, 0.1) is 17.0 Å². The summed E-state index contributed by atoms with van der Waals surface area (Å²) >= 11 is 6.83. The molecule has 0 atom stereocenters. The van der Waals surface area contributed by atoms with Gasteiger partial charge in [-0.2, -0.15) is 0 Å². The van der Waals surface area contributed by atoms with Gasteiger partial charge in [-0.15, -0.1) is 11.8 Å². The quantitative estimate of drug-likeness (QED) is 0.848. The maximum atomic E-state index is 5.69. The second-order valence-electron chi connectivity index (χ2n) is 3.67. The normalized spacial score (nSPS) is 10.6. The highest BCUT2D eigenvalue weighted by Gasteiger charge is 2.08. The number of thiazole rings is 1. The summed E-state index contributed by atoms with van der Waals surface area (Å²) in [5.74, 6) is 1.73. The van der Waals surface area contributed by atoms with E-state index in [0.29, 0.717) is 5.13 Å². The SMILES string of the molecule is COc1ccc(Br)c(CSc2sc(N)nc2C)c1. The summed E-state index contributed by atoms with van der Waals surface area (Å²) in [7, 11) is 1.67. The molecule has 0 spiro atoms. The number of aryl methyl sites for hydroxylation is 1. The van der Waals surface area contributed by atoms with E-state index in [1.165, 1.54) is 21.1 Å². The topological polar surface area (TPSA) is 48.1 Å². The van der Waals surface area contributed by atoms with Crippen LogP contribution in [-0.2, 0) is 5.75 Å². The molecule has 0 fully saturated rings. The minimum atomic E-state index is 0.625. The summed E-state index contributed by atoms with van der Waals surface area (Å²) in [6, 6.07) is 5.98. The zero-order chi connectivity index (χ0) is 13.1. The Morgan fingerprint density at radius 3 is 2.89 bits per heavy atom. The van der Waals surface area contributed by atoms with Crippen LogP contribution in [0.5, 0.6) is 5.75 Å². The Labute approximate surface area is 123 Å². The van der Waals surface area contributed by atoms with E-state index >= 15 is 0 Å². The molecule has 0 unspecified atom stereocenters. The number of rotatable bonds is 4. The second kappa shape index (κ2) is 5.95. The molecular weight excluding hydrogens is 332 g/mol. The maximum absolute atomic E-state index is 5.69. The first-order valence-corrected chi connectivity index (χ1v) is 7.87. The molecule has 6 heteroatoms. The Kier molecular flexibility index (Phi) is 4.53. The number of nitrogens with zero attached hydrogens (tertiary/aromatic N) is 1. The Bertz CT molecular complexity index is 557. The molecule has 96 valence electrons. The molecule has 1 aromatic heterocycles. The number of benzene rings is 1. The number of halogens is 1. The van der Waals surface area contributed by atoms with Gasteiger partial charge in [-0.1, -0.05) is 27.3 Å². The first-order valence-electron chi connectivity index (χ1n) is 5.28. The van der Waals surface area contributed by atoms with Crippen LogP contribution in [0.3, 0.4) is 0 Å². The van der Waals surface area contributed by atoms with Crippen molar-refractivity contribution in [2.45, 2.75) is 16.9 Å². The average Bonchev–Trinajstić information content (AvgIpc) is 2.67. The van der Waals surface area contributed by atoms with E-state index in [9.17, 15) is 0 Å². The van der Waals surface area contributed by atoms with Crippen LogP contribution in [0.25, 0.3) is 0 Å². The lowest BCUT2D eigenvalue weighted by molar-refractivity contribution is 0.414. The number of nitrogens with two attached hydrogens (primary N) is 1. The Morgan fingerprint density at radius 1 is 1.50 bits per heavy atom. The van der Waals surface area contributed by atoms with Gasteiger partial charge < -0.3 is 10.5 Å². The number of methoxy groups -OCH3 is 1. The van der Waals surface area contributed by atoms with E-state index in [2.05, 4.69) is 20.9 Å². The van der Waals surface area contributed by atoms with Gasteiger partial charge in [0.25, 0.3) is 0 Å². The molecule has 2 N–H and O–H groups in total. The van der Waals surface area contributed by atoms with Gasteiger partial charge in [0, 0.05) is 10.2 Å². The van der Waals surface area contributed by atoms with Crippen LogP contribution in [-0.4, -0.2) is 12.1 Å². The molecule has 0 radical (unpaired) electrons. The van der Waals surface area contributed by atoms with Crippen molar-refractivity contribution in [1.29, 1.82) is 0 Å². The smallest absolute Gasteiger partial charge is 0.181 e. The summed E-state index contributed by atoms with van der Waals surface area (Å²) in [6.45, 7) is 1.98. The summed E-state index contributed by atoms with van der Waals surface area (Å²) in [6.07, 6.45) is 0. The highest BCUT2D eigenvalue weighted by molar-refractivity contribution is 9.10. The Balaban J connectivity index is 2.12. The molecular formula is C12H13BrN2OS2. The molecule has 2 aromatic rings. The van der Waals surface area contributed by atoms with E-state index in [0.717, 1.165) is 21.7 Å². The average molecular weight is 345 g/mol. The zero-order valence-electron chi connectivity index (χ0n) is 10.1. The first kappa shape index (κ1) is 13.7. The third-order valence-corrected chi connectivity index (χ3v) is 5.55. The van der Waals surface area contributed by atoms with Gasteiger partial charge >= 0.3 is 0 Å². The van der Waals surface area contributed by atoms with Gasteiger partial charge in [0.1, 0.15) is 5.75 Å². The largest absolute Gasteiger partial charge is 0.497 e. The maximum Gasteiger partial charge on any atom is 0.181 e. The standard InChI is InChI=1S/C12H13BrN2OS2/c1-7-11(18-12(14)15-7)17-6-8-5-9(16-2)3-4-10(8)13/h3-5H,6H2,1-2H3,(H2,14,15). The fraction of sp³-hybridized carbons (Fsp3) is 0.250. The van der Waals surface area contributed by atoms with Gasteiger partial charge in [0.2, 0.25) is 0 Å². The molecule has 0 bridgehead atoms. The van der Waals surface area contributed by atoms with Crippen molar-refractivity contribution in [3.8, 4) is 5.75 Å². The van der Waals surface area contributed by atoms with Crippen LogP contribution in [0.2, 0.25) is 0 Å². The van der Waals surface area contributed by atoms with E-state index in [1.807, 2.05) is 25.1 Å². The van der Waals surface area contributed by atoms with Crippen LogP contribution in [0.4, 0.5) is 5.13 Å². The van der Waals surface area contributed by atoms with E-state index in [-0.39, 0.29) is 0 Å². The highest BCUT2D eigenvalue weighted by Crippen LogP contribution is 2.35. The van der Waals surface area contributed by atoms with Crippen molar-refractivity contribution in [3.05, 3.63) is 33.9 Å². The minimum Gasteiger partial charge on any atom is -0.497 e. The lowest BCUT2D eigenvalue weighted by Crippen LogP contribution is -1.87. The first-order chi connectivity index (χ1) is 8.60. The van der Waals surface area contributed by atoms with Crippen LogP contribution in [0, 0.1) is 6.92 Å². The van der Waals surface area contributed by atoms with Crippen molar-refractivity contribution in [2.24, 2.45) is 0 Å². The molecule has 18 heavy (non-hydrogen) atoms. The number of ether oxygens (including phenoxy) is 1. The summed E-state index contributed by atoms with van der Waals surface area (Å²) in [4.78, 5) is 4.22. The zero-order valence-corrected chi connectivity index (χ0v) is 13.3. The third-order valence-electron chi connectivity index (χ3n) is 2.38. The fourth-order valence-electron chi connectivity index (χ4n) is 1.47. The van der Waals surface area contributed by atoms with E-state index in [1.54, 1.807) is 18.9 Å². The summed E-state index contributed by atoms with van der Waals surface area (Å²) < 4.78 is 7.49. The van der Waals surface area contributed by atoms with Crippen LogP contribution >= 0.6 is 39.0 Å². The third kappa shape index (κ3) is 3.18. The second-order valence-corrected chi connectivity index (χ2v) is 6.80. The van der Waals surface area contributed by atoms with Crippen LogP contribution in [0.15, 0.2) is 26.9 Å². The number of hydrogen-bond donors (Lipinski definition) is 1. The molecule has 0 aliphatic carbocycles. The summed E-state index contributed by atoms with van der Waals surface area (Å²) in [5.41, 5.74) is 7.89. The Morgan fingerprint density at radius 2 is 2.28 bits per heavy atom. The van der Waals surface area contributed by atoms with Crippen LogP contribution < -0.4 is 10.5 Å². The molecule has 2 rings (SSSR count). The molecule has 1 aromatic carbocycles. The lowest BCUT2D eigenvalue weighted by atomic mass is 10.2. The van der Waals surface area contributed by atoms with Crippen LogP contribution in [0.1, 0.15) is 11.3 Å². The van der Waals surface area contributed by atoms with E-state index in [4.69, 9.17) is 10.5 Å². The molecule has 0 aliphatic rings. The number of thioether (sulfide) groups is 1. The van der Waals surface area contributed by atoms with Gasteiger partial charge in [-0.3, -0.25) is 0 Å². The lowest BCUT2D eigenvalue weighted by Gasteiger charge is -2.06. The molecule has 0 aliphatic heterocycles. The highest BCUT2D eigenvalue weighted by atomic mass is 79.9. The molecule has 3 nitrogen and oxygen atoms in total. The molecule has 1 heterocycles. The monoisotopic (exact) mass is 344 g/mol. The van der Waals surface area contributed by atoms with Crippen molar-refractivity contribution in [3.63, 3.8) is 0 Å². The van der Waals surface area contributed by atoms with Crippen molar-refractivity contribution in [2.75, 3.05) is 12.8 Å². The number of anilines is 1. The molecule has 0 saturated carbocycles. The fourth-order valence-corrected chi connectivity index (χ4v) is 4.06. The van der Waals surface area contributed by atoms with Gasteiger partial charge in [0.15, 0.2) is 5.13 Å².